The Bertz CT molecular complexity index is 1040. The van der Waals surface area contributed by atoms with Gasteiger partial charge in [-0.05, 0) is 60.6 Å². The molecule has 7 nitrogen and oxygen atoms in total. The highest BCUT2D eigenvalue weighted by molar-refractivity contribution is 6.30. The summed E-state index contributed by atoms with van der Waals surface area (Å²) >= 11 is 6.02. The van der Waals surface area contributed by atoms with Crippen LogP contribution in [0, 0.1) is 5.41 Å². The van der Waals surface area contributed by atoms with Crippen molar-refractivity contribution in [2.75, 3.05) is 13.1 Å². The van der Waals surface area contributed by atoms with E-state index in [-0.39, 0.29) is 28.4 Å². The maximum atomic E-state index is 13.3. The highest BCUT2D eigenvalue weighted by atomic mass is 35.5. The second-order valence-corrected chi connectivity index (χ2v) is 9.66. The van der Waals surface area contributed by atoms with Gasteiger partial charge < -0.3 is 20.4 Å². The number of piperidine rings is 1. The summed E-state index contributed by atoms with van der Waals surface area (Å²) in [5, 5.41) is 22.7. The lowest BCUT2D eigenvalue weighted by atomic mass is 9.70. The van der Waals surface area contributed by atoms with Gasteiger partial charge in [0.25, 0.3) is 5.91 Å². The van der Waals surface area contributed by atoms with Gasteiger partial charge in [-0.25, -0.2) is 4.79 Å². The maximum absolute atomic E-state index is 13.3. The molecule has 1 aliphatic rings. The number of rotatable bonds is 6. The van der Waals surface area contributed by atoms with Crippen LogP contribution in [0.5, 0.6) is 0 Å². The number of carboxylic acid groups (broad SMARTS) is 1. The topological polar surface area (TPSA) is 107 Å². The van der Waals surface area contributed by atoms with E-state index in [2.05, 4.69) is 19.2 Å². The van der Waals surface area contributed by atoms with Crippen LogP contribution in [0.25, 0.3) is 0 Å². The fraction of sp³-hybridized carbons (Fsp3) is 0.400. The third-order valence-corrected chi connectivity index (χ3v) is 6.47. The highest BCUT2D eigenvalue weighted by Crippen LogP contribution is 2.42. The number of amides is 2. The molecule has 2 amide bonds. The van der Waals surface area contributed by atoms with Crippen LogP contribution in [0.3, 0.4) is 0 Å². The molecule has 0 radical (unpaired) electrons. The monoisotopic (exact) mass is 472 g/mol. The van der Waals surface area contributed by atoms with E-state index >= 15 is 0 Å². The summed E-state index contributed by atoms with van der Waals surface area (Å²) in [4.78, 5) is 38.9. The Morgan fingerprint density at radius 2 is 1.76 bits per heavy atom. The zero-order valence-electron chi connectivity index (χ0n) is 18.9. The minimum Gasteiger partial charge on any atom is -0.478 e. The summed E-state index contributed by atoms with van der Waals surface area (Å²) in [6.07, 6.45) is -0.386. The summed E-state index contributed by atoms with van der Waals surface area (Å²) in [6.45, 7) is 6.59. The van der Waals surface area contributed by atoms with E-state index in [1.165, 1.54) is 31.2 Å². The molecule has 8 heteroatoms. The molecule has 1 saturated heterocycles. The molecule has 0 bridgehead atoms. The van der Waals surface area contributed by atoms with Crippen molar-refractivity contribution in [3.8, 4) is 0 Å². The Morgan fingerprint density at radius 3 is 2.33 bits per heavy atom. The van der Waals surface area contributed by atoms with E-state index in [4.69, 9.17) is 16.7 Å². The Labute approximate surface area is 198 Å². The number of hydrogen-bond donors (Lipinski definition) is 3. The van der Waals surface area contributed by atoms with Crippen molar-refractivity contribution < 1.29 is 24.6 Å². The summed E-state index contributed by atoms with van der Waals surface area (Å²) in [5.74, 6) is -1.90. The Morgan fingerprint density at radius 1 is 1.12 bits per heavy atom. The van der Waals surface area contributed by atoms with Crippen LogP contribution in [0.2, 0.25) is 5.02 Å². The summed E-state index contributed by atoms with van der Waals surface area (Å²) in [5.41, 5.74) is 1.00. The van der Waals surface area contributed by atoms with Crippen molar-refractivity contribution in [1.29, 1.82) is 0 Å². The van der Waals surface area contributed by atoms with Crippen LogP contribution in [-0.2, 0) is 4.79 Å². The molecule has 3 N–H and O–H groups in total. The molecular weight excluding hydrogens is 444 g/mol. The average Bonchev–Trinajstić information content (AvgIpc) is 2.76. The third kappa shape index (κ3) is 5.72. The molecule has 2 aromatic carbocycles. The minimum absolute atomic E-state index is 0.0337. The molecule has 0 aromatic heterocycles. The van der Waals surface area contributed by atoms with Crippen LogP contribution in [0.4, 0.5) is 0 Å². The van der Waals surface area contributed by atoms with Crippen molar-refractivity contribution in [1.82, 2.24) is 10.2 Å². The smallest absolute Gasteiger partial charge is 0.335 e. The third-order valence-electron chi connectivity index (χ3n) is 6.22. The number of hydrogen-bond acceptors (Lipinski definition) is 4. The number of carbonyl (C=O) groups is 3. The summed E-state index contributed by atoms with van der Waals surface area (Å²) in [6, 6.07) is 12.1. The standard InChI is InChI=1S/C25H29ClN2O5/c1-15(29)21(27-22(30)17-5-4-6-18(13-17)24(32)33)23(31)28-12-11-20(25(2,3)14-28)16-7-9-19(26)10-8-16/h4-10,13,15,20-21,29H,11-12,14H2,1-3H3,(H,27,30)(H,32,33)/t15?,20?,21-/m1/s1. The SMILES string of the molecule is CC(O)[C@@H](NC(=O)c1cccc(C(=O)O)c1)C(=O)N1CCC(c2ccc(Cl)cc2)C(C)(C)C1. The molecular formula is C25H29ClN2O5. The van der Waals surface area contributed by atoms with Crippen LogP contribution in [-0.4, -0.2) is 58.1 Å². The zero-order valence-corrected chi connectivity index (χ0v) is 19.7. The van der Waals surface area contributed by atoms with Crippen LogP contribution in [0.15, 0.2) is 48.5 Å². The predicted molar refractivity (Wildman–Crippen MR) is 126 cm³/mol. The van der Waals surface area contributed by atoms with E-state index in [1.54, 1.807) is 4.90 Å². The van der Waals surface area contributed by atoms with Crippen molar-refractivity contribution in [3.63, 3.8) is 0 Å². The lowest BCUT2D eigenvalue weighted by Gasteiger charge is -2.45. The Balaban J connectivity index is 1.73. The van der Waals surface area contributed by atoms with Gasteiger partial charge >= 0.3 is 5.97 Å². The molecule has 2 unspecified atom stereocenters. The first kappa shape index (κ1) is 24.7. The van der Waals surface area contributed by atoms with Gasteiger partial charge in [0.05, 0.1) is 11.7 Å². The largest absolute Gasteiger partial charge is 0.478 e. The molecule has 176 valence electrons. The number of nitrogens with one attached hydrogen (secondary N) is 1. The first-order valence-corrected chi connectivity index (χ1v) is 11.2. The van der Waals surface area contributed by atoms with Crippen LogP contribution in [0.1, 0.15) is 59.4 Å². The lowest BCUT2D eigenvalue weighted by molar-refractivity contribution is -0.139. The molecule has 1 heterocycles. The van der Waals surface area contributed by atoms with Crippen molar-refractivity contribution in [2.24, 2.45) is 5.41 Å². The highest BCUT2D eigenvalue weighted by Gasteiger charge is 2.41. The van der Waals surface area contributed by atoms with Crippen molar-refractivity contribution >= 4 is 29.4 Å². The molecule has 2 aromatic rings. The molecule has 3 rings (SSSR count). The molecule has 0 aliphatic carbocycles. The van der Waals surface area contributed by atoms with E-state index in [1.807, 2.05) is 24.3 Å². The minimum atomic E-state index is -1.15. The predicted octanol–water partition coefficient (Wildman–Crippen LogP) is 3.56. The number of likely N-dealkylation sites (tertiary alicyclic amines) is 1. The van der Waals surface area contributed by atoms with Gasteiger partial charge in [0.2, 0.25) is 5.91 Å². The van der Waals surface area contributed by atoms with Gasteiger partial charge in [0.1, 0.15) is 6.04 Å². The van der Waals surface area contributed by atoms with Gasteiger partial charge in [-0.15, -0.1) is 0 Å². The second-order valence-electron chi connectivity index (χ2n) is 9.22. The number of aromatic carboxylic acids is 1. The quantitative estimate of drug-likeness (QED) is 0.596. The number of carbonyl (C=O) groups excluding carboxylic acids is 2. The van der Waals surface area contributed by atoms with Gasteiger partial charge in [-0.2, -0.15) is 0 Å². The van der Waals surface area contributed by atoms with E-state index < -0.39 is 24.0 Å². The molecule has 33 heavy (non-hydrogen) atoms. The summed E-state index contributed by atoms with van der Waals surface area (Å²) in [7, 11) is 0. The fourth-order valence-electron chi connectivity index (χ4n) is 4.46. The number of aliphatic hydroxyl groups excluding tert-OH is 1. The van der Waals surface area contributed by atoms with Crippen LogP contribution < -0.4 is 5.32 Å². The first-order chi connectivity index (χ1) is 15.5. The van der Waals surface area contributed by atoms with E-state index in [0.717, 1.165) is 12.0 Å². The number of aliphatic hydroxyl groups is 1. The van der Waals surface area contributed by atoms with E-state index in [9.17, 15) is 19.5 Å². The number of nitrogens with zero attached hydrogens (tertiary/aromatic N) is 1. The van der Waals surface area contributed by atoms with Crippen molar-refractivity contribution in [3.05, 3.63) is 70.2 Å². The molecule has 1 aliphatic heterocycles. The fourth-order valence-corrected chi connectivity index (χ4v) is 4.59. The summed E-state index contributed by atoms with van der Waals surface area (Å²) < 4.78 is 0. The van der Waals surface area contributed by atoms with Gasteiger partial charge in [0.15, 0.2) is 0 Å². The van der Waals surface area contributed by atoms with Gasteiger partial charge in [0, 0.05) is 23.7 Å². The number of benzene rings is 2. The lowest BCUT2D eigenvalue weighted by Crippen LogP contribution is -2.57. The Hall–Kier alpha value is -2.90. The van der Waals surface area contributed by atoms with Gasteiger partial charge in [-0.3, -0.25) is 9.59 Å². The maximum Gasteiger partial charge on any atom is 0.335 e. The van der Waals surface area contributed by atoms with E-state index in [0.29, 0.717) is 18.1 Å². The number of carboxylic acids is 1. The number of halogens is 1. The average molecular weight is 473 g/mol. The van der Waals surface area contributed by atoms with Crippen molar-refractivity contribution in [2.45, 2.75) is 45.3 Å². The Kier molecular flexibility index (Phi) is 7.44. The second kappa shape index (κ2) is 9.93. The van der Waals surface area contributed by atoms with Gasteiger partial charge in [-0.1, -0.05) is 43.6 Å². The zero-order chi connectivity index (χ0) is 24.3. The molecule has 0 saturated carbocycles. The molecule has 1 fully saturated rings. The normalized spacial score (nSPS) is 19.4. The molecule has 0 spiro atoms. The first-order valence-electron chi connectivity index (χ1n) is 10.9. The van der Waals surface area contributed by atoms with Crippen LogP contribution >= 0.6 is 11.6 Å². The molecule has 3 atom stereocenters.